The van der Waals surface area contributed by atoms with Gasteiger partial charge in [0, 0.05) is 19.5 Å². The molecule has 0 aromatic heterocycles. The van der Waals surface area contributed by atoms with E-state index in [-0.39, 0.29) is 12.0 Å². The van der Waals surface area contributed by atoms with Crippen LogP contribution in [0, 0.1) is 17.2 Å². The van der Waals surface area contributed by atoms with Crippen LogP contribution in [0.25, 0.3) is 0 Å². The van der Waals surface area contributed by atoms with Gasteiger partial charge in [-0.1, -0.05) is 15.9 Å². The van der Waals surface area contributed by atoms with Crippen LogP contribution < -0.4 is 5.32 Å². The third-order valence-corrected chi connectivity index (χ3v) is 4.73. The molecule has 0 radical (unpaired) electrons. The van der Waals surface area contributed by atoms with E-state index in [2.05, 4.69) is 59.2 Å². The van der Waals surface area contributed by atoms with Gasteiger partial charge >= 0.3 is 0 Å². The zero-order chi connectivity index (χ0) is 12.4. The first kappa shape index (κ1) is 13.4. The molecule has 0 heterocycles. The van der Waals surface area contributed by atoms with Gasteiger partial charge in [0.1, 0.15) is 0 Å². The van der Waals surface area contributed by atoms with Gasteiger partial charge in [-0.3, -0.25) is 0 Å². The molecule has 90 valence electrons. The number of rotatable bonds is 2. The van der Waals surface area contributed by atoms with Crippen molar-refractivity contribution >= 4 is 53.5 Å². The Morgan fingerprint density at radius 3 is 2.41 bits per heavy atom. The van der Waals surface area contributed by atoms with Crippen molar-refractivity contribution in [2.45, 2.75) is 25.3 Å². The van der Waals surface area contributed by atoms with Crippen LogP contribution in [0.4, 0.5) is 5.69 Å². The van der Waals surface area contributed by atoms with Crippen LogP contribution in [-0.2, 0) is 0 Å². The number of halogens is 3. The molecule has 2 nitrogen and oxygen atoms in total. The summed E-state index contributed by atoms with van der Waals surface area (Å²) in [4.78, 5) is 0. The lowest BCUT2D eigenvalue weighted by molar-refractivity contribution is 0.629. The lowest BCUT2D eigenvalue weighted by Gasteiger charge is -2.19. The molecule has 0 aliphatic heterocycles. The van der Waals surface area contributed by atoms with Crippen molar-refractivity contribution in [2.24, 2.45) is 5.92 Å². The highest BCUT2D eigenvalue weighted by atomic mass is 79.9. The Morgan fingerprint density at radius 1 is 1.18 bits per heavy atom. The first-order chi connectivity index (χ1) is 8.11. The monoisotopic (exact) mass is 420 g/mol. The Labute approximate surface area is 126 Å². The molecule has 0 bridgehead atoms. The maximum Gasteiger partial charge on any atom is 0.0677 e. The number of nitriles is 1. The van der Waals surface area contributed by atoms with Crippen molar-refractivity contribution < 1.29 is 0 Å². The molecule has 1 aromatic rings. The highest BCUT2D eigenvalue weighted by molar-refractivity contribution is 9.11. The highest BCUT2D eigenvalue weighted by Crippen LogP contribution is 2.37. The number of anilines is 1. The molecule has 1 saturated carbocycles. The van der Waals surface area contributed by atoms with Gasteiger partial charge in [0.05, 0.1) is 17.7 Å². The van der Waals surface area contributed by atoms with Gasteiger partial charge in [-0.05, 0) is 63.3 Å². The minimum atomic E-state index is 0.123. The Bertz CT molecular complexity index is 444. The molecule has 1 N–H and O–H groups in total. The van der Waals surface area contributed by atoms with Gasteiger partial charge in [0.2, 0.25) is 0 Å². The van der Waals surface area contributed by atoms with Crippen LogP contribution in [0.1, 0.15) is 19.3 Å². The normalized spacial score (nSPS) is 23.4. The number of hydrogen-bond acceptors (Lipinski definition) is 2. The fourth-order valence-corrected chi connectivity index (χ4v) is 4.64. The summed E-state index contributed by atoms with van der Waals surface area (Å²) in [7, 11) is 0. The van der Waals surface area contributed by atoms with Crippen LogP contribution in [0.5, 0.6) is 0 Å². The van der Waals surface area contributed by atoms with Crippen molar-refractivity contribution in [1.82, 2.24) is 0 Å². The van der Waals surface area contributed by atoms with Crippen molar-refractivity contribution in [2.75, 3.05) is 5.32 Å². The first-order valence-corrected chi connectivity index (χ1v) is 7.80. The van der Waals surface area contributed by atoms with E-state index in [4.69, 9.17) is 5.26 Å². The zero-order valence-electron chi connectivity index (χ0n) is 9.01. The summed E-state index contributed by atoms with van der Waals surface area (Å²) in [6.45, 7) is 0. The second-order valence-corrected chi connectivity index (χ2v) is 6.79. The summed E-state index contributed by atoms with van der Waals surface area (Å²) in [6.07, 6.45) is 3.19. The Hall–Kier alpha value is -0.0500. The molecule has 2 rings (SSSR count). The second kappa shape index (κ2) is 5.73. The maximum absolute atomic E-state index is 9.08. The van der Waals surface area contributed by atoms with Crippen LogP contribution in [0.15, 0.2) is 25.6 Å². The molecular formula is C12H11Br3N2. The summed E-state index contributed by atoms with van der Waals surface area (Å²) in [5, 5.41) is 12.5. The fraction of sp³-hybridized carbons (Fsp3) is 0.417. The third-order valence-electron chi connectivity index (χ3n) is 3.02. The van der Waals surface area contributed by atoms with E-state index in [9.17, 15) is 0 Å². The van der Waals surface area contributed by atoms with E-state index in [1.807, 2.05) is 12.1 Å². The Kier molecular flexibility index (Phi) is 4.51. The number of nitrogens with zero attached hydrogens (tertiary/aromatic N) is 1. The first-order valence-electron chi connectivity index (χ1n) is 5.42. The van der Waals surface area contributed by atoms with Crippen molar-refractivity contribution in [3.63, 3.8) is 0 Å². The van der Waals surface area contributed by atoms with Crippen molar-refractivity contribution in [3.8, 4) is 6.07 Å². The topological polar surface area (TPSA) is 35.8 Å². The molecule has 0 saturated heterocycles. The van der Waals surface area contributed by atoms with Crippen LogP contribution in [-0.4, -0.2) is 6.04 Å². The van der Waals surface area contributed by atoms with Gasteiger partial charge in [0.25, 0.3) is 0 Å². The number of benzene rings is 1. The van der Waals surface area contributed by atoms with Gasteiger partial charge in [-0.25, -0.2) is 0 Å². The molecule has 17 heavy (non-hydrogen) atoms. The molecule has 0 spiro atoms. The molecule has 1 aromatic carbocycles. The molecule has 1 aliphatic carbocycles. The van der Waals surface area contributed by atoms with E-state index < -0.39 is 0 Å². The molecule has 1 fully saturated rings. The highest BCUT2D eigenvalue weighted by Gasteiger charge is 2.27. The second-order valence-electron chi connectivity index (χ2n) is 4.16. The van der Waals surface area contributed by atoms with Crippen molar-refractivity contribution in [1.29, 1.82) is 5.26 Å². The van der Waals surface area contributed by atoms with Crippen molar-refractivity contribution in [3.05, 3.63) is 25.6 Å². The summed E-state index contributed by atoms with van der Waals surface area (Å²) in [5.74, 6) is 0.123. The van der Waals surface area contributed by atoms with Gasteiger partial charge in [-0.15, -0.1) is 0 Å². The molecular weight excluding hydrogens is 412 g/mol. The lowest BCUT2D eigenvalue weighted by Crippen LogP contribution is -2.23. The van der Waals surface area contributed by atoms with E-state index in [1.54, 1.807) is 0 Å². The Morgan fingerprint density at radius 2 is 1.82 bits per heavy atom. The van der Waals surface area contributed by atoms with Crippen LogP contribution >= 0.6 is 47.8 Å². The molecule has 1 aliphatic rings. The minimum absolute atomic E-state index is 0.123. The van der Waals surface area contributed by atoms with E-state index in [1.165, 1.54) is 0 Å². The van der Waals surface area contributed by atoms with Gasteiger partial charge < -0.3 is 5.32 Å². The fourth-order valence-electron chi connectivity index (χ4n) is 2.15. The number of hydrogen-bond donors (Lipinski definition) is 1. The zero-order valence-corrected chi connectivity index (χ0v) is 13.8. The SMILES string of the molecule is N#CC1CCCC1Nc1c(Br)cc(Br)cc1Br. The smallest absolute Gasteiger partial charge is 0.0677 e. The summed E-state index contributed by atoms with van der Waals surface area (Å²) >= 11 is 10.5. The summed E-state index contributed by atoms with van der Waals surface area (Å²) < 4.78 is 3.02. The minimum Gasteiger partial charge on any atom is -0.379 e. The lowest BCUT2D eigenvalue weighted by atomic mass is 10.1. The van der Waals surface area contributed by atoms with Gasteiger partial charge in [-0.2, -0.15) is 5.26 Å². The predicted octanol–water partition coefficient (Wildman–Crippen LogP) is 5.08. The summed E-state index contributed by atoms with van der Waals surface area (Å²) in [6, 6.07) is 6.65. The van der Waals surface area contributed by atoms with E-state index in [0.29, 0.717) is 0 Å². The van der Waals surface area contributed by atoms with Gasteiger partial charge in [0.15, 0.2) is 0 Å². The number of nitrogens with one attached hydrogen (secondary N) is 1. The average molecular weight is 423 g/mol. The molecule has 5 heteroatoms. The average Bonchev–Trinajstić information content (AvgIpc) is 2.70. The third kappa shape index (κ3) is 3.04. The molecule has 2 unspecified atom stereocenters. The standard InChI is InChI=1S/C12H11Br3N2/c13-8-4-9(14)12(10(15)5-8)17-11-3-1-2-7(11)6-16/h4-5,7,11,17H,1-3H2. The predicted molar refractivity (Wildman–Crippen MR) is 79.9 cm³/mol. The quantitative estimate of drug-likeness (QED) is 0.721. The van der Waals surface area contributed by atoms with E-state index >= 15 is 0 Å². The maximum atomic E-state index is 9.08. The largest absolute Gasteiger partial charge is 0.379 e. The Balaban J connectivity index is 2.22. The summed E-state index contributed by atoms with van der Waals surface area (Å²) in [5.41, 5.74) is 1.03. The molecule has 0 amide bonds. The van der Waals surface area contributed by atoms with E-state index in [0.717, 1.165) is 38.4 Å². The van der Waals surface area contributed by atoms with Crippen LogP contribution in [0.3, 0.4) is 0 Å². The molecule has 2 atom stereocenters. The van der Waals surface area contributed by atoms with Crippen LogP contribution in [0.2, 0.25) is 0 Å².